The maximum absolute atomic E-state index is 12.4. The van der Waals surface area contributed by atoms with Crippen LogP contribution < -0.4 is 5.73 Å². The second kappa shape index (κ2) is 5.13. The maximum Gasteiger partial charge on any atom is 0.244 e. The molecule has 104 valence electrons. The highest BCUT2D eigenvalue weighted by Crippen LogP contribution is 2.25. The molecule has 18 heavy (non-hydrogen) atoms. The van der Waals surface area contributed by atoms with Gasteiger partial charge in [-0.25, -0.2) is 8.42 Å². The van der Waals surface area contributed by atoms with E-state index < -0.39 is 20.5 Å². The van der Waals surface area contributed by atoms with Crippen LogP contribution in [0.2, 0.25) is 0 Å². The van der Waals surface area contributed by atoms with E-state index in [1.54, 1.807) is 0 Å². The number of hydrogen-bond acceptors (Lipinski definition) is 4. The van der Waals surface area contributed by atoms with Crippen molar-refractivity contribution >= 4 is 33.0 Å². The van der Waals surface area contributed by atoms with Crippen LogP contribution >= 0.6 is 12.2 Å². The van der Waals surface area contributed by atoms with E-state index in [-0.39, 0.29) is 11.0 Å². The molecule has 1 unspecified atom stereocenters. The number of nitrogens with zero attached hydrogens (tertiary/aromatic N) is 1. The lowest BCUT2D eigenvalue weighted by molar-refractivity contribution is -0.135. The first-order chi connectivity index (χ1) is 8.09. The second-order valence-corrected chi connectivity index (χ2v) is 8.23. The van der Waals surface area contributed by atoms with Crippen molar-refractivity contribution in [1.29, 1.82) is 0 Å². The van der Waals surface area contributed by atoms with Crippen molar-refractivity contribution in [3.63, 3.8) is 0 Å². The normalized spacial score (nSPS) is 21.7. The zero-order valence-corrected chi connectivity index (χ0v) is 12.6. The zero-order chi connectivity index (χ0) is 14.1. The molecule has 1 rings (SSSR count). The largest absolute Gasteiger partial charge is 0.392 e. The van der Waals surface area contributed by atoms with E-state index in [1.165, 1.54) is 18.7 Å². The van der Waals surface area contributed by atoms with Gasteiger partial charge in [0.05, 0.1) is 11.0 Å². The molecule has 5 nitrogen and oxygen atoms in total. The molecule has 1 saturated heterocycles. The Morgan fingerprint density at radius 1 is 1.39 bits per heavy atom. The van der Waals surface area contributed by atoms with Crippen molar-refractivity contribution in [3.05, 3.63) is 0 Å². The van der Waals surface area contributed by atoms with E-state index in [4.69, 9.17) is 18.0 Å². The number of carbonyl (C=O) groups excluding carboxylic acids is 1. The Morgan fingerprint density at radius 2 is 1.94 bits per heavy atom. The molecule has 2 N–H and O–H groups in total. The summed E-state index contributed by atoms with van der Waals surface area (Å²) in [7, 11) is -3.48. The van der Waals surface area contributed by atoms with Gasteiger partial charge in [0.25, 0.3) is 0 Å². The lowest BCUT2D eigenvalue weighted by atomic mass is 10.00. The monoisotopic (exact) mass is 292 g/mol. The highest BCUT2D eigenvalue weighted by Gasteiger charge is 2.44. The van der Waals surface area contributed by atoms with Gasteiger partial charge in [0.1, 0.15) is 4.75 Å². The summed E-state index contributed by atoms with van der Waals surface area (Å²) in [6.45, 7) is 3.37. The molecular weight excluding hydrogens is 272 g/mol. The van der Waals surface area contributed by atoms with Gasteiger partial charge in [-0.3, -0.25) is 4.79 Å². The van der Waals surface area contributed by atoms with E-state index >= 15 is 0 Å². The molecule has 1 heterocycles. The van der Waals surface area contributed by atoms with Crippen LogP contribution in [0, 0.1) is 0 Å². The van der Waals surface area contributed by atoms with Crippen molar-refractivity contribution < 1.29 is 13.2 Å². The van der Waals surface area contributed by atoms with Gasteiger partial charge in [-0.2, -0.15) is 0 Å². The topological polar surface area (TPSA) is 80.5 Å². The molecule has 0 bridgehead atoms. The van der Waals surface area contributed by atoms with Crippen molar-refractivity contribution in [3.8, 4) is 0 Å². The number of piperidine rings is 1. The number of likely N-dealkylation sites (tertiary alicyclic amines) is 1. The number of rotatable bonds is 3. The zero-order valence-electron chi connectivity index (χ0n) is 11.0. The maximum atomic E-state index is 12.4. The summed E-state index contributed by atoms with van der Waals surface area (Å²) in [5.41, 5.74) is 5.64. The van der Waals surface area contributed by atoms with Crippen LogP contribution in [-0.2, 0) is 14.6 Å². The van der Waals surface area contributed by atoms with Gasteiger partial charge in [-0.1, -0.05) is 12.2 Å². The van der Waals surface area contributed by atoms with Crippen molar-refractivity contribution in [1.82, 2.24) is 4.90 Å². The summed E-state index contributed by atoms with van der Waals surface area (Å²) in [6, 6.07) is -0.317. The van der Waals surface area contributed by atoms with Crippen LogP contribution in [0.15, 0.2) is 0 Å². The molecule has 1 aliphatic rings. The van der Waals surface area contributed by atoms with Gasteiger partial charge in [0, 0.05) is 12.8 Å². The predicted octanol–water partition coefficient (Wildman–Crippen LogP) is 0.477. The summed E-state index contributed by atoms with van der Waals surface area (Å²) < 4.78 is 22.0. The van der Waals surface area contributed by atoms with Gasteiger partial charge in [-0.15, -0.1) is 0 Å². The number of carbonyl (C=O) groups is 1. The standard InChI is InChI=1S/C11H20N2O3S2/c1-11(2,18(3,15)16)10(14)13-7-5-4-6-8(13)9(12)17/h8H,4-7H2,1-3H3,(H2,12,17). The average molecular weight is 292 g/mol. The Hall–Kier alpha value is -0.690. The molecule has 0 saturated carbocycles. The molecule has 1 fully saturated rings. The minimum Gasteiger partial charge on any atom is -0.392 e. The summed E-state index contributed by atoms with van der Waals surface area (Å²) in [6.07, 6.45) is 3.58. The fourth-order valence-corrected chi connectivity index (χ4v) is 2.65. The second-order valence-electron chi connectivity index (χ2n) is 5.19. The van der Waals surface area contributed by atoms with Gasteiger partial charge in [0.15, 0.2) is 9.84 Å². The molecule has 0 aromatic heterocycles. The lowest BCUT2D eigenvalue weighted by Crippen LogP contribution is -2.57. The highest BCUT2D eigenvalue weighted by molar-refractivity contribution is 7.92. The molecule has 0 aromatic carbocycles. The average Bonchev–Trinajstić information content (AvgIpc) is 2.26. The van der Waals surface area contributed by atoms with Crippen molar-refractivity contribution in [2.75, 3.05) is 12.8 Å². The Balaban J connectivity index is 3.05. The minimum atomic E-state index is -3.48. The Morgan fingerprint density at radius 3 is 2.39 bits per heavy atom. The number of sulfone groups is 1. The van der Waals surface area contributed by atoms with E-state index in [0.717, 1.165) is 19.1 Å². The number of hydrogen-bond donors (Lipinski definition) is 1. The van der Waals surface area contributed by atoms with Crippen LogP contribution in [0.25, 0.3) is 0 Å². The molecule has 7 heteroatoms. The number of nitrogens with two attached hydrogens (primary N) is 1. The summed E-state index contributed by atoms with van der Waals surface area (Å²) in [4.78, 5) is 14.2. The van der Waals surface area contributed by atoms with E-state index in [9.17, 15) is 13.2 Å². The summed E-state index contributed by atoms with van der Waals surface area (Å²) >= 11 is 4.96. The van der Waals surface area contributed by atoms with Crippen LogP contribution in [0.3, 0.4) is 0 Å². The minimum absolute atomic E-state index is 0.257. The van der Waals surface area contributed by atoms with Gasteiger partial charge >= 0.3 is 0 Å². The summed E-state index contributed by atoms with van der Waals surface area (Å²) in [5.74, 6) is -0.414. The first kappa shape index (κ1) is 15.4. The highest BCUT2D eigenvalue weighted by atomic mass is 32.2. The van der Waals surface area contributed by atoms with Gasteiger partial charge < -0.3 is 10.6 Å². The number of amides is 1. The van der Waals surface area contributed by atoms with Crippen LogP contribution in [0.5, 0.6) is 0 Å². The lowest BCUT2D eigenvalue weighted by Gasteiger charge is -2.39. The molecular formula is C11H20N2O3S2. The fraction of sp³-hybridized carbons (Fsp3) is 0.818. The number of thiocarbonyl (C=S) groups is 1. The molecule has 1 aliphatic heterocycles. The van der Waals surface area contributed by atoms with Crippen LogP contribution in [0.1, 0.15) is 33.1 Å². The van der Waals surface area contributed by atoms with Crippen molar-refractivity contribution in [2.45, 2.75) is 43.9 Å². The van der Waals surface area contributed by atoms with Crippen LogP contribution in [-0.4, -0.2) is 47.8 Å². The van der Waals surface area contributed by atoms with E-state index in [1.807, 2.05) is 0 Å². The fourth-order valence-electron chi connectivity index (χ4n) is 1.97. The molecule has 0 aromatic rings. The predicted molar refractivity (Wildman–Crippen MR) is 75.1 cm³/mol. The molecule has 0 radical (unpaired) electrons. The van der Waals surface area contributed by atoms with E-state index in [2.05, 4.69) is 0 Å². The van der Waals surface area contributed by atoms with Gasteiger partial charge in [0.2, 0.25) is 5.91 Å². The SMILES string of the molecule is CC(C)(C(=O)N1CCCCC1C(N)=S)S(C)(=O)=O. The first-order valence-corrected chi connectivity index (χ1v) is 8.19. The van der Waals surface area contributed by atoms with Gasteiger partial charge in [-0.05, 0) is 33.1 Å². The summed E-state index contributed by atoms with van der Waals surface area (Å²) in [5, 5.41) is 0. The molecule has 0 aliphatic carbocycles. The first-order valence-electron chi connectivity index (χ1n) is 5.89. The third kappa shape index (κ3) is 2.83. The molecule has 0 spiro atoms. The molecule has 1 atom stereocenters. The third-order valence-corrected chi connectivity index (χ3v) is 5.83. The Labute approximate surface area is 114 Å². The quantitative estimate of drug-likeness (QED) is 0.765. The Bertz CT molecular complexity index is 457. The van der Waals surface area contributed by atoms with Crippen molar-refractivity contribution in [2.24, 2.45) is 5.73 Å². The van der Waals surface area contributed by atoms with Crippen LogP contribution in [0.4, 0.5) is 0 Å². The Kier molecular flexibility index (Phi) is 4.38. The van der Waals surface area contributed by atoms with E-state index in [0.29, 0.717) is 13.0 Å². The third-order valence-electron chi connectivity index (χ3n) is 3.53. The smallest absolute Gasteiger partial charge is 0.244 e. The molecule has 1 amide bonds.